The summed E-state index contributed by atoms with van der Waals surface area (Å²) in [4.78, 5) is 1.48. The largest absolute Gasteiger partial charge is 0.573 e. The second-order valence-electron chi connectivity index (χ2n) is 5.39. The molecule has 1 aliphatic rings. The van der Waals surface area contributed by atoms with Crippen molar-refractivity contribution in [2.45, 2.75) is 25.0 Å². The Kier molecular flexibility index (Phi) is 7.21. The van der Waals surface area contributed by atoms with E-state index < -0.39 is 36.5 Å². The van der Waals surface area contributed by atoms with Gasteiger partial charge in [-0.2, -0.15) is 13.2 Å². The average Bonchev–Trinajstić information content (AvgIpc) is 2.45. The number of rotatable bonds is 4. The van der Waals surface area contributed by atoms with Crippen molar-refractivity contribution in [2.75, 3.05) is 26.2 Å². The van der Waals surface area contributed by atoms with Crippen molar-refractivity contribution < 1.29 is 36.2 Å². The third kappa shape index (κ3) is 6.79. The number of phenols is 1. The minimum atomic E-state index is -4.97. The predicted molar refractivity (Wildman–Crippen MR) is 79.9 cm³/mol. The fraction of sp³-hybridized carbons (Fsp3) is 0.571. The van der Waals surface area contributed by atoms with Crippen molar-refractivity contribution in [3.8, 4) is 11.5 Å². The molecule has 0 amide bonds. The van der Waals surface area contributed by atoms with Crippen molar-refractivity contribution in [1.82, 2.24) is 10.2 Å². The SMILES string of the molecule is Cl.Oc1ccc(OC(F)(F)F)cc1[C@H](CC(F)(F)F)N1CCNCC1. The van der Waals surface area contributed by atoms with Crippen molar-refractivity contribution >= 4 is 12.4 Å². The molecule has 0 unspecified atom stereocenters. The Balaban J connectivity index is 0.00000312. The summed E-state index contributed by atoms with van der Waals surface area (Å²) in [6, 6.07) is 1.28. The van der Waals surface area contributed by atoms with E-state index in [1.165, 1.54) is 4.90 Å². The first kappa shape index (κ1) is 21.7. The minimum Gasteiger partial charge on any atom is -0.508 e. The lowest BCUT2D eigenvalue weighted by Crippen LogP contribution is -2.46. The molecule has 2 N–H and O–H groups in total. The molecule has 0 bridgehead atoms. The Bertz CT molecular complexity index is 561. The number of nitrogens with zero attached hydrogens (tertiary/aromatic N) is 1. The van der Waals surface area contributed by atoms with E-state index in [1.807, 2.05) is 0 Å². The zero-order valence-corrected chi connectivity index (χ0v) is 13.6. The zero-order valence-electron chi connectivity index (χ0n) is 12.8. The molecule has 1 atom stereocenters. The van der Waals surface area contributed by atoms with Gasteiger partial charge in [-0.15, -0.1) is 25.6 Å². The van der Waals surface area contributed by atoms with Gasteiger partial charge in [0.15, 0.2) is 0 Å². The molecule has 0 saturated carbocycles. The van der Waals surface area contributed by atoms with E-state index in [-0.39, 0.29) is 31.1 Å². The molecule has 1 saturated heterocycles. The van der Waals surface area contributed by atoms with Gasteiger partial charge in [-0.05, 0) is 18.2 Å². The minimum absolute atomic E-state index is 0. The number of hydrogen-bond donors (Lipinski definition) is 2. The van der Waals surface area contributed by atoms with Crippen molar-refractivity contribution in [1.29, 1.82) is 0 Å². The first-order valence-corrected chi connectivity index (χ1v) is 7.15. The van der Waals surface area contributed by atoms with Gasteiger partial charge in [-0.1, -0.05) is 0 Å². The molecule has 11 heteroatoms. The highest BCUT2D eigenvalue weighted by Crippen LogP contribution is 2.39. The van der Waals surface area contributed by atoms with Crippen LogP contribution in [0.2, 0.25) is 0 Å². The van der Waals surface area contributed by atoms with Gasteiger partial charge in [0.1, 0.15) is 11.5 Å². The van der Waals surface area contributed by atoms with Crippen molar-refractivity contribution in [2.24, 2.45) is 0 Å². The van der Waals surface area contributed by atoms with E-state index in [4.69, 9.17) is 0 Å². The summed E-state index contributed by atoms with van der Waals surface area (Å²) in [5.41, 5.74) is -0.240. The Hall–Kier alpha value is -1.39. The molecule has 0 aromatic heterocycles. The summed E-state index contributed by atoms with van der Waals surface area (Å²) in [5, 5.41) is 12.9. The van der Waals surface area contributed by atoms with Gasteiger partial charge in [0.05, 0.1) is 6.42 Å². The summed E-state index contributed by atoms with van der Waals surface area (Å²) in [6.45, 7) is 1.47. The van der Waals surface area contributed by atoms with Crippen molar-refractivity contribution in [3.63, 3.8) is 0 Å². The molecule has 2 rings (SSSR count). The maximum atomic E-state index is 12.9. The number of ether oxygens (including phenoxy) is 1. The highest BCUT2D eigenvalue weighted by Gasteiger charge is 2.38. The first-order valence-electron chi connectivity index (χ1n) is 7.15. The quantitative estimate of drug-likeness (QED) is 0.766. The molecular formula is C14H17ClF6N2O2. The number of alkyl halides is 6. The fourth-order valence-corrected chi connectivity index (χ4v) is 2.65. The van der Waals surface area contributed by atoms with Crippen LogP contribution in [-0.4, -0.2) is 48.7 Å². The number of aromatic hydroxyl groups is 1. The van der Waals surface area contributed by atoms with Crippen LogP contribution in [-0.2, 0) is 0 Å². The summed E-state index contributed by atoms with van der Waals surface area (Å²) >= 11 is 0. The summed E-state index contributed by atoms with van der Waals surface area (Å²) in [7, 11) is 0. The number of halogens is 7. The molecule has 1 aromatic rings. The number of nitrogens with one attached hydrogen (secondary N) is 1. The van der Waals surface area contributed by atoms with Gasteiger partial charge in [-0.3, -0.25) is 4.90 Å². The molecule has 0 radical (unpaired) electrons. The van der Waals surface area contributed by atoms with E-state index in [9.17, 15) is 31.4 Å². The average molecular weight is 395 g/mol. The molecule has 1 heterocycles. The lowest BCUT2D eigenvalue weighted by Gasteiger charge is -2.36. The number of piperazine rings is 1. The molecule has 1 fully saturated rings. The van der Waals surface area contributed by atoms with E-state index in [2.05, 4.69) is 10.1 Å². The number of hydrogen-bond acceptors (Lipinski definition) is 4. The molecule has 4 nitrogen and oxygen atoms in total. The van der Waals surface area contributed by atoms with E-state index in [0.717, 1.165) is 18.2 Å². The van der Waals surface area contributed by atoms with Gasteiger partial charge in [-0.25, -0.2) is 0 Å². The smallest absolute Gasteiger partial charge is 0.508 e. The predicted octanol–water partition coefficient (Wildman–Crippen LogP) is 3.61. The van der Waals surface area contributed by atoms with Gasteiger partial charge in [0.25, 0.3) is 0 Å². The van der Waals surface area contributed by atoms with E-state index in [1.54, 1.807) is 0 Å². The molecule has 0 spiro atoms. The van der Waals surface area contributed by atoms with Crippen LogP contribution in [0.4, 0.5) is 26.3 Å². The van der Waals surface area contributed by atoms with Gasteiger partial charge in [0.2, 0.25) is 0 Å². The third-order valence-corrected chi connectivity index (χ3v) is 3.61. The van der Waals surface area contributed by atoms with Gasteiger partial charge >= 0.3 is 12.5 Å². The second kappa shape index (κ2) is 8.33. The highest BCUT2D eigenvalue weighted by molar-refractivity contribution is 5.85. The monoisotopic (exact) mass is 394 g/mol. The zero-order chi connectivity index (χ0) is 18.0. The van der Waals surface area contributed by atoms with Crippen LogP contribution in [0.5, 0.6) is 11.5 Å². The molecule has 144 valence electrons. The van der Waals surface area contributed by atoms with Crippen LogP contribution in [0, 0.1) is 0 Å². The van der Waals surface area contributed by atoms with Crippen LogP contribution in [0.25, 0.3) is 0 Å². The van der Waals surface area contributed by atoms with E-state index in [0.29, 0.717) is 13.1 Å². The van der Waals surface area contributed by atoms with Crippen LogP contribution in [0.3, 0.4) is 0 Å². The Labute approximate surface area is 146 Å². The highest BCUT2D eigenvalue weighted by atomic mass is 35.5. The van der Waals surface area contributed by atoms with Crippen LogP contribution in [0.1, 0.15) is 18.0 Å². The summed E-state index contributed by atoms with van der Waals surface area (Å²) in [6.07, 6.45) is -10.8. The fourth-order valence-electron chi connectivity index (χ4n) is 2.65. The Morgan fingerprint density at radius 1 is 1.12 bits per heavy atom. The molecule has 1 aromatic carbocycles. The molecule has 1 aliphatic heterocycles. The first-order chi connectivity index (χ1) is 11.1. The lowest BCUT2D eigenvalue weighted by molar-refractivity contribution is -0.274. The van der Waals surface area contributed by atoms with Crippen LogP contribution in [0.15, 0.2) is 18.2 Å². The number of phenolic OH excluding ortho intramolecular Hbond substituents is 1. The summed E-state index contributed by atoms with van der Waals surface area (Å²) in [5.74, 6) is -1.17. The lowest BCUT2D eigenvalue weighted by atomic mass is 9.99. The Morgan fingerprint density at radius 3 is 2.24 bits per heavy atom. The normalized spacial score (nSPS) is 17.7. The maximum Gasteiger partial charge on any atom is 0.573 e. The van der Waals surface area contributed by atoms with Crippen molar-refractivity contribution in [3.05, 3.63) is 23.8 Å². The van der Waals surface area contributed by atoms with Crippen LogP contribution < -0.4 is 10.1 Å². The maximum absolute atomic E-state index is 12.9. The Morgan fingerprint density at radius 2 is 1.72 bits per heavy atom. The second-order valence-corrected chi connectivity index (χ2v) is 5.39. The molecular weight excluding hydrogens is 378 g/mol. The topological polar surface area (TPSA) is 44.7 Å². The molecule has 25 heavy (non-hydrogen) atoms. The van der Waals surface area contributed by atoms with Gasteiger partial charge in [0, 0.05) is 37.8 Å². The molecule has 0 aliphatic carbocycles. The third-order valence-electron chi connectivity index (χ3n) is 3.61. The number of benzene rings is 1. The van der Waals surface area contributed by atoms with Gasteiger partial charge < -0.3 is 15.2 Å². The standard InChI is InChI=1S/C14H16F6N2O2.ClH/c15-13(16,17)8-11(22-5-3-21-4-6-22)10-7-9(1-2-12(10)23)24-14(18,19)20;/h1-2,7,11,21,23H,3-6,8H2;1H/t11-;/m0./s1. The summed E-state index contributed by atoms with van der Waals surface area (Å²) < 4.78 is 79.4. The van der Waals surface area contributed by atoms with Crippen LogP contribution >= 0.6 is 12.4 Å². The van der Waals surface area contributed by atoms with E-state index >= 15 is 0 Å².